The van der Waals surface area contributed by atoms with Crippen LogP contribution in [0.25, 0.3) is 10.8 Å². The number of aromatic nitrogens is 1. The van der Waals surface area contributed by atoms with E-state index in [1.54, 1.807) is 6.20 Å². The summed E-state index contributed by atoms with van der Waals surface area (Å²) in [5.74, 6) is 0.372. The van der Waals surface area contributed by atoms with Crippen LogP contribution in [0.4, 0.5) is 11.5 Å². The van der Waals surface area contributed by atoms with Gasteiger partial charge < -0.3 is 24.8 Å². The first-order chi connectivity index (χ1) is 15.9. The highest BCUT2D eigenvalue weighted by Gasteiger charge is 2.44. The van der Waals surface area contributed by atoms with Crippen LogP contribution in [-0.2, 0) is 14.3 Å². The van der Waals surface area contributed by atoms with Crippen molar-refractivity contribution in [3.05, 3.63) is 29.4 Å². The molecule has 4 heterocycles. The molecule has 3 aliphatic rings. The van der Waals surface area contributed by atoms with E-state index < -0.39 is 6.10 Å². The van der Waals surface area contributed by atoms with E-state index in [0.717, 1.165) is 62.1 Å². The summed E-state index contributed by atoms with van der Waals surface area (Å²) in [6.45, 7) is 7.49. The molecule has 2 aromatic rings. The number of rotatable bonds is 4. The number of carbonyl (C=O) groups excluding carboxylic acids is 1. The average Bonchev–Trinajstić information content (AvgIpc) is 3.18. The monoisotopic (exact) mass is 474 g/mol. The molecule has 0 radical (unpaired) electrons. The number of aliphatic hydroxyl groups excluding tert-OH is 1. The SMILES string of the molecule is C[C@@]1(N2CCN(c3cc4cc(NC(=O)C5CCCOC5)ncc4cc3Cl)CC2)COC[C@@H]1O. The predicted octanol–water partition coefficient (Wildman–Crippen LogP) is 2.53. The average molecular weight is 475 g/mol. The number of halogens is 1. The van der Waals surface area contributed by atoms with Crippen molar-refractivity contribution < 1.29 is 19.4 Å². The Morgan fingerprint density at radius 2 is 2.00 bits per heavy atom. The van der Waals surface area contributed by atoms with Gasteiger partial charge in [0.05, 0.1) is 48.1 Å². The number of fused-ring (bicyclic) bond motifs is 1. The minimum absolute atomic E-state index is 0.0431. The summed E-state index contributed by atoms with van der Waals surface area (Å²) in [7, 11) is 0. The van der Waals surface area contributed by atoms with Crippen molar-refractivity contribution in [1.29, 1.82) is 0 Å². The van der Waals surface area contributed by atoms with Gasteiger partial charge >= 0.3 is 0 Å². The van der Waals surface area contributed by atoms with Gasteiger partial charge in [0.1, 0.15) is 5.82 Å². The number of nitrogens with zero attached hydrogens (tertiary/aromatic N) is 3. The zero-order valence-electron chi connectivity index (χ0n) is 18.9. The molecular weight excluding hydrogens is 444 g/mol. The molecule has 3 atom stereocenters. The van der Waals surface area contributed by atoms with Crippen LogP contribution < -0.4 is 10.2 Å². The van der Waals surface area contributed by atoms with Gasteiger partial charge in [0.15, 0.2) is 0 Å². The van der Waals surface area contributed by atoms with Crippen LogP contribution in [0.5, 0.6) is 0 Å². The lowest BCUT2D eigenvalue weighted by molar-refractivity contribution is -0.123. The molecule has 9 heteroatoms. The Kier molecular flexibility index (Phi) is 6.46. The minimum Gasteiger partial charge on any atom is -0.389 e. The van der Waals surface area contributed by atoms with Crippen molar-refractivity contribution in [2.45, 2.75) is 31.4 Å². The summed E-state index contributed by atoms with van der Waals surface area (Å²) in [5, 5.41) is 15.9. The second kappa shape index (κ2) is 9.35. The van der Waals surface area contributed by atoms with Gasteiger partial charge in [-0.3, -0.25) is 9.69 Å². The molecule has 8 nitrogen and oxygen atoms in total. The van der Waals surface area contributed by atoms with E-state index in [2.05, 4.69) is 33.1 Å². The van der Waals surface area contributed by atoms with Crippen molar-refractivity contribution in [2.75, 3.05) is 62.8 Å². The molecule has 1 aromatic carbocycles. The molecule has 33 heavy (non-hydrogen) atoms. The lowest BCUT2D eigenvalue weighted by Gasteiger charge is -2.45. The number of hydrogen-bond donors (Lipinski definition) is 2. The number of benzene rings is 1. The van der Waals surface area contributed by atoms with E-state index in [0.29, 0.717) is 30.7 Å². The smallest absolute Gasteiger partial charge is 0.230 e. The lowest BCUT2D eigenvalue weighted by atomic mass is 9.95. The number of ether oxygens (including phenoxy) is 2. The van der Waals surface area contributed by atoms with Gasteiger partial charge in [0.25, 0.3) is 0 Å². The normalized spacial score (nSPS) is 28.9. The van der Waals surface area contributed by atoms with Gasteiger partial charge in [0.2, 0.25) is 5.91 Å². The molecule has 0 saturated carbocycles. The number of carbonyl (C=O) groups is 1. The van der Waals surface area contributed by atoms with Crippen molar-refractivity contribution in [1.82, 2.24) is 9.88 Å². The summed E-state index contributed by atoms with van der Waals surface area (Å²) in [5.41, 5.74) is 0.642. The predicted molar refractivity (Wildman–Crippen MR) is 128 cm³/mol. The van der Waals surface area contributed by atoms with Crippen LogP contribution in [0.1, 0.15) is 19.8 Å². The summed E-state index contributed by atoms with van der Waals surface area (Å²) >= 11 is 6.65. The molecule has 3 saturated heterocycles. The maximum Gasteiger partial charge on any atom is 0.230 e. The van der Waals surface area contributed by atoms with Gasteiger partial charge in [-0.15, -0.1) is 0 Å². The van der Waals surface area contributed by atoms with Crippen LogP contribution in [0.2, 0.25) is 5.02 Å². The third-order valence-corrected chi connectivity index (χ3v) is 7.60. The van der Waals surface area contributed by atoms with Gasteiger partial charge in [-0.1, -0.05) is 11.6 Å². The van der Waals surface area contributed by atoms with Crippen molar-refractivity contribution >= 4 is 39.8 Å². The molecule has 0 bridgehead atoms. The molecule has 1 amide bonds. The van der Waals surface area contributed by atoms with Crippen LogP contribution in [0.3, 0.4) is 0 Å². The van der Waals surface area contributed by atoms with E-state index in [-0.39, 0.29) is 17.4 Å². The first-order valence-corrected chi connectivity index (χ1v) is 12.1. The number of anilines is 2. The van der Waals surface area contributed by atoms with Gasteiger partial charge in [-0.2, -0.15) is 0 Å². The molecule has 178 valence electrons. The zero-order valence-corrected chi connectivity index (χ0v) is 19.7. The van der Waals surface area contributed by atoms with Crippen LogP contribution in [0, 0.1) is 5.92 Å². The Labute approximate surface area is 198 Å². The molecule has 0 aliphatic carbocycles. The molecule has 2 N–H and O–H groups in total. The molecular formula is C24H31ClN4O4. The largest absolute Gasteiger partial charge is 0.389 e. The molecule has 3 aliphatic heterocycles. The highest BCUT2D eigenvalue weighted by atomic mass is 35.5. The number of piperazine rings is 1. The van der Waals surface area contributed by atoms with Crippen LogP contribution >= 0.6 is 11.6 Å². The van der Waals surface area contributed by atoms with E-state index >= 15 is 0 Å². The summed E-state index contributed by atoms with van der Waals surface area (Å²) < 4.78 is 10.9. The molecule has 1 aromatic heterocycles. The fraction of sp³-hybridized carbons (Fsp3) is 0.583. The van der Waals surface area contributed by atoms with E-state index in [9.17, 15) is 9.90 Å². The Bertz CT molecular complexity index is 1020. The molecule has 5 rings (SSSR count). The van der Waals surface area contributed by atoms with Gasteiger partial charge in [-0.25, -0.2) is 4.98 Å². The van der Waals surface area contributed by atoms with E-state index in [1.165, 1.54) is 0 Å². The fourth-order valence-electron chi connectivity index (χ4n) is 5.05. The van der Waals surface area contributed by atoms with Crippen molar-refractivity contribution in [2.24, 2.45) is 5.92 Å². The topological polar surface area (TPSA) is 87.2 Å². The lowest BCUT2D eigenvalue weighted by Crippen LogP contribution is -2.60. The zero-order chi connectivity index (χ0) is 23.0. The highest BCUT2D eigenvalue weighted by molar-refractivity contribution is 6.34. The Morgan fingerprint density at radius 3 is 2.70 bits per heavy atom. The maximum atomic E-state index is 12.6. The Balaban J connectivity index is 1.30. The summed E-state index contributed by atoms with van der Waals surface area (Å²) in [6, 6.07) is 5.91. The van der Waals surface area contributed by atoms with Gasteiger partial charge in [0, 0.05) is 44.4 Å². The van der Waals surface area contributed by atoms with Crippen molar-refractivity contribution in [3.8, 4) is 0 Å². The Hall–Kier alpha value is -1.97. The third-order valence-electron chi connectivity index (χ3n) is 7.30. The number of aliphatic hydroxyl groups is 1. The molecule has 0 spiro atoms. The molecule has 1 unspecified atom stereocenters. The summed E-state index contributed by atoms with van der Waals surface area (Å²) in [6.07, 6.45) is 3.03. The number of pyridine rings is 1. The number of amides is 1. The minimum atomic E-state index is -0.463. The van der Waals surface area contributed by atoms with E-state index in [4.69, 9.17) is 21.1 Å². The van der Waals surface area contributed by atoms with Gasteiger partial charge in [-0.05, 0) is 43.4 Å². The summed E-state index contributed by atoms with van der Waals surface area (Å²) in [4.78, 5) is 21.6. The second-order valence-electron chi connectivity index (χ2n) is 9.49. The molecule has 3 fully saturated rings. The first kappa shape index (κ1) is 22.8. The van der Waals surface area contributed by atoms with Crippen LogP contribution in [-0.4, -0.2) is 85.1 Å². The number of nitrogens with one attached hydrogen (secondary N) is 1. The maximum absolute atomic E-state index is 12.6. The van der Waals surface area contributed by atoms with E-state index in [1.807, 2.05) is 12.1 Å². The fourth-order valence-corrected chi connectivity index (χ4v) is 5.35. The van der Waals surface area contributed by atoms with Crippen molar-refractivity contribution in [3.63, 3.8) is 0 Å². The standard InChI is InChI=1S/C24H31ClN4O4/c1-24(15-33-14-21(24)30)29-6-4-28(5-7-29)20-10-17-11-22(26-12-18(17)9-19(20)25)27-23(31)16-3-2-8-32-13-16/h9-12,16,21,30H,2-8,13-15H2,1H3,(H,26,27,31)/t16?,21-,24+/m0/s1. The quantitative estimate of drug-likeness (QED) is 0.704. The van der Waals surface area contributed by atoms with Crippen LogP contribution in [0.15, 0.2) is 24.4 Å². The first-order valence-electron chi connectivity index (χ1n) is 11.7. The Morgan fingerprint density at radius 1 is 1.18 bits per heavy atom. The third kappa shape index (κ3) is 4.55. The number of hydrogen-bond acceptors (Lipinski definition) is 7. The highest BCUT2D eigenvalue weighted by Crippen LogP contribution is 2.34. The second-order valence-corrected chi connectivity index (χ2v) is 9.89.